The Morgan fingerprint density at radius 2 is 1.36 bits per heavy atom. The number of aryl methyl sites for hydroxylation is 1. The molecule has 0 fully saturated rings. The quantitative estimate of drug-likeness (QED) is 0.244. The first-order chi connectivity index (χ1) is 10.2. The molecule has 0 aliphatic heterocycles. The van der Waals surface area contributed by atoms with Gasteiger partial charge in [-0.1, -0.05) is 82.4 Å². The summed E-state index contributed by atoms with van der Waals surface area (Å²) in [5.74, 6) is 1.96. The van der Waals surface area contributed by atoms with Gasteiger partial charge in [0.15, 0.2) is 0 Å². The third kappa shape index (κ3) is 10.6. The molecule has 1 aromatic rings. The standard InChI is InChI=1S/C19H31OS.Cu/c1-3-4-5-6-7-8-9-10-11-12-17-21(20)19-15-13-18(2)14-16-19;/h13-17H,3-12H2,1-2H3;/q-1;+1. The molecule has 130 valence electrons. The summed E-state index contributed by atoms with van der Waals surface area (Å²) in [6.45, 7) is 4.32. The van der Waals surface area contributed by atoms with Crippen LogP contribution >= 0.6 is 0 Å². The fraction of sp³-hybridized carbons (Fsp3) is 0.632. The summed E-state index contributed by atoms with van der Waals surface area (Å²) in [5.41, 5.74) is 1.22. The number of hydrogen-bond acceptors (Lipinski definition) is 1. The van der Waals surface area contributed by atoms with Crippen LogP contribution in [0.4, 0.5) is 0 Å². The minimum Gasteiger partial charge on any atom is -0.289 e. The zero-order valence-electron chi connectivity index (χ0n) is 14.1. The van der Waals surface area contributed by atoms with E-state index in [0.717, 1.165) is 11.3 Å². The zero-order chi connectivity index (χ0) is 15.3. The van der Waals surface area contributed by atoms with Gasteiger partial charge in [-0.2, -0.15) is 6.42 Å². The monoisotopic (exact) mass is 370 g/mol. The van der Waals surface area contributed by atoms with Gasteiger partial charge in [0, 0.05) is 4.90 Å². The van der Waals surface area contributed by atoms with E-state index in [2.05, 4.69) is 13.8 Å². The Morgan fingerprint density at radius 1 is 0.864 bits per heavy atom. The van der Waals surface area contributed by atoms with Crippen LogP contribution in [0.2, 0.25) is 0 Å². The van der Waals surface area contributed by atoms with Gasteiger partial charge in [-0.25, -0.2) is 5.75 Å². The predicted molar refractivity (Wildman–Crippen MR) is 93.7 cm³/mol. The van der Waals surface area contributed by atoms with Crippen LogP contribution in [0.5, 0.6) is 0 Å². The van der Waals surface area contributed by atoms with Gasteiger partial charge in [-0.3, -0.25) is 4.21 Å². The smallest absolute Gasteiger partial charge is 0.289 e. The molecule has 0 aromatic heterocycles. The maximum absolute atomic E-state index is 12.0. The first-order valence-corrected chi connectivity index (χ1v) is 9.76. The van der Waals surface area contributed by atoms with E-state index in [-0.39, 0.29) is 17.1 Å². The van der Waals surface area contributed by atoms with Crippen molar-refractivity contribution in [2.75, 3.05) is 0 Å². The predicted octanol–water partition coefficient (Wildman–Crippen LogP) is 6.18. The fourth-order valence-corrected chi connectivity index (χ4v) is 3.39. The molecular formula is C19H31CuOS. The van der Waals surface area contributed by atoms with Crippen LogP contribution in [0.25, 0.3) is 0 Å². The maximum Gasteiger partial charge on any atom is 1.00 e. The van der Waals surface area contributed by atoms with Gasteiger partial charge in [-0.05, 0) is 19.1 Å². The molecule has 1 rings (SSSR count). The van der Waals surface area contributed by atoms with E-state index in [9.17, 15) is 4.21 Å². The molecule has 0 saturated heterocycles. The Morgan fingerprint density at radius 3 is 1.91 bits per heavy atom. The number of rotatable bonds is 12. The summed E-state index contributed by atoms with van der Waals surface area (Å²) in [7, 11) is -0.929. The van der Waals surface area contributed by atoms with Crippen molar-refractivity contribution in [2.45, 2.75) is 83.0 Å². The van der Waals surface area contributed by atoms with Gasteiger partial charge in [-0.15, -0.1) is 10.8 Å². The molecule has 0 radical (unpaired) electrons. The van der Waals surface area contributed by atoms with Gasteiger partial charge in [0.25, 0.3) is 0 Å². The maximum atomic E-state index is 12.0. The molecular weight excluding hydrogens is 340 g/mol. The number of unbranched alkanes of at least 4 members (excludes halogenated alkanes) is 9. The molecule has 0 aliphatic rings. The van der Waals surface area contributed by atoms with E-state index in [1.54, 1.807) is 0 Å². The van der Waals surface area contributed by atoms with Crippen LogP contribution in [0.1, 0.15) is 76.7 Å². The van der Waals surface area contributed by atoms with E-state index in [4.69, 9.17) is 0 Å². The molecule has 22 heavy (non-hydrogen) atoms. The normalized spacial score (nSPS) is 11.9. The van der Waals surface area contributed by atoms with E-state index < -0.39 is 10.8 Å². The van der Waals surface area contributed by atoms with Crippen LogP contribution in [0.15, 0.2) is 29.2 Å². The topological polar surface area (TPSA) is 17.1 Å². The third-order valence-electron chi connectivity index (χ3n) is 3.83. The molecule has 0 amide bonds. The Bertz CT molecular complexity index is 389. The van der Waals surface area contributed by atoms with Crippen molar-refractivity contribution in [3.8, 4) is 0 Å². The Hall–Kier alpha value is -0.111. The molecule has 0 heterocycles. The summed E-state index contributed by atoms with van der Waals surface area (Å²) in [5, 5.41) is 0. The van der Waals surface area contributed by atoms with Crippen molar-refractivity contribution < 1.29 is 21.3 Å². The van der Waals surface area contributed by atoms with E-state index in [1.165, 1.54) is 63.4 Å². The van der Waals surface area contributed by atoms with E-state index >= 15 is 0 Å². The minimum atomic E-state index is -0.929. The molecule has 1 aromatic carbocycles. The zero-order valence-corrected chi connectivity index (χ0v) is 15.8. The van der Waals surface area contributed by atoms with Crippen LogP contribution in [-0.4, -0.2) is 4.21 Å². The third-order valence-corrected chi connectivity index (χ3v) is 5.11. The average molecular weight is 371 g/mol. The molecule has 1 atom stereocenters. The van der Waals surface area contributed by atoms with Crippen LogP contribution in [-0.2, 0) is 27.9 Å². The van der Waals surface area contributed by atoms with Crippen molar-refractivity contribution in [1.82, 2.24) is 0 Å². The van der Waals surface area contributed by atoms with Crippen molar-refractivity contribution >= 4 is 10.8 Å². The van der Waals surface area contributed by atoms with Gasteiger partial charge in [0.2, 0.25) is 0 Å². The van der Waals surface area contributed by atoms with Gasteiger partial charge in [0.1, 0.15) is 0 Å². The molecule has 1 nitrogen and oxygen atoms in total. The van der Waals surface area contributed by atoms with Gasteiger partial charge in [0.05, 0.1) is 0 Å². The van der Waals surface area contributed by atoms with Gasteiger partial charge >= 0.3 is 17.1 Å². The molecule has 0 spiro atoms. The summed E-state index contributed by atoms with van der Waals surface area (Å²) >= 11 is 0. The van der Waals surface area contributed by atoms with Crippen LogP contribution < -0.4 is 0 Å². The molecule has 3 heteroatoms. The van der Waals surface area contributed by atoms with E-state index in [0.29, 0.717) is 0 Å². The Labute approximate surface area is 150 Å². The van der Waals surface area contributed by atoms with Crippen LogP contribution in [0, 0.1) is 12.7 Å². The fourth-order valence-electron chi connectivity index (χ4n) is 2.41. The van der Waals surface area contributed by atoms with Crippen molar-refractivity contribution in [3.05, 3.63) is 35.6 Å². The first kappa shape index (κ1) is 21.9. The van der Waals surface area contributed by atoms with Gasteiger partial charge < -0.3 is 0 Å². The van der Waals surface area contributed by atoms with Crippen LogP contribution in [0.3, 0.4) is 0 Å². The summed E-state index contributed by atoms with van der Waals surface area (Å²) in [4.78, 5) is 0.927. The molecule has 1 unspecified atom stereocenters. The minimum absolute atomic E-state index is 0. The average Bonchev–Trinajstić information content (AvgIpc) is 2.49. The second-order valence-corrected chi connectivity index (χ2v) is 7.29. The first-order valence-electron chi connectivity index (χ1n) is 8.54. The molecule has 0 saturated carbocycles. The van der Waals surface area contributed by atoms with E-state index in [1.807, 2.05) is 30.0 Å². The summed E-state index contributed by atoms with van der Waals surface area (Å²) < 4.78 is 12.0. The molecule has 0 bridgehead atoms. The molecule has 0 N–H and O–H groups in total. The molecule has 0 aliphatic carbocycles. The van der Waals surface area contributed by atoms with Crippen molar-refractivity contribution in [3.63, 3.8) is 0 Å². The summed E-state index contributed by atoms with van der Waals surface area (Å²) in [6.07, 6.45) is 13.0. The van der Waals surface area contributed by atoms with Crippen molar-refractivity contribution in [2.24, 2.45) is 0 Å². The largest absolute Gasteiger partial charge is 1.00 e. The Kier molecular flexibility index (Phi) is 14.4. The number of benzene rings is 1. The summed E-state index contributed by atoms with van der Waals surface area (Å²) in [6, 6.07) is 8.00. The van der Waals surface area contributed by atoms with Crippen molar-refractivity contribution in [1.29, 1.82) is 0 Å². The second kappa shape index (κ2) is 14.5. The SMILES string of the molecule is CCCCCCCCCCC[CH-]S(=O)c1ccc(C)cc1.[Cu+]. The Balaban J connectivity index is 0.00000441. The number of hydrogen-bond donors (Lipinski definition) is 0. The second-order valence-electron chi connectivity index (χ2n) is 5.89.